The molecule has 0 atom stereocenters. The van der Waals surface area contributed by atoms with Gasteiger partial charge in [-0.1, -0.05) is 36.4 Å². The van der Waals surface area contributed by atoms with Gasteiger partial charge in [-0.15, -0.1) is 0 Å². The van der Waals surface area contributed by atoms with E-state index in [4.69, 9.17) is 9.47 Å². The van der Waals surface area contributed by atoms with Crippen LogP contribution in [0.5, 0.6) is 0 Å². The average molecular weight is 424 g/mol. The Morgan fingerprint density at radius 3 is 1.16 bits per heavy atom. The molecule has 6 nitrogen and oxygen atoms in total. The molecule has 4 rings (SSSR count). The summed E-state index contributed by atoms with van der Waals surface area (Å²) >= 11 is 0. The van der Waals surface area contributed by atoms with E-state index < -0.39 is 0 Å². The number of methoxy groups -OCH3 is 2. The quantitative estimate of drug-likeness (QED) is 0.417. The molecule has 0 aliphatic heterocycles. The van der Waals surface area contributed by atoms with Crippen molar-refractivity contribution in [3.05, 3.63) is 96.3 Å². The maximum atomic E-state index is 11.6. The molecule has 158 valence electrons. The van der Waals surface area contributed by atoms with Gasteiger partial charge in [-0.25, -0.2) is 9.59 Å². The summed E-state index contributed by atoms with van der Waals surface area (Å²) in [6.07, 6.45) is 3.56. The molecule has 2 heterocycles. The van der Waals surface area contributed by atoms with Gasteiger partial charge < -0.3 is 9.47 Å². The highest BCUT2D eigenvalue weighted by Crippen LogP contribution is 2.25. The molecule has 32 heavy (non-hydrogen) atoms. The van der Waals surface area contributed by atoms with Crippen molar-refractivity contribution in [2.24, 2.45) is 0 Å². The number of benzene rings is 2. The summed E-state index contributed by atoms with van der Waals surface area (Å²) in [5.74, 6) is -0.724. The largest absolute Gasteiger partial charge is 0.465 e. The van der Waals surface area contributed by atoms with E-state index in [0.29, 0.717) is 11.1 Å². The van der Waals surface area contributed by atoms with Gasteiger partial charge in [-0.05, 0) is 47.5 Å². The molecule has 2 aromatic heterocycles. The standard InChI is InChI=1S/C26H20N2O4/c1-31-25(29)19-7-3-17(4-8-19)21-11-13-23(27-15-21)24-14-12-22(16-28-24)18-5-9-20(10-6-18)26(30)32-2/h3-16H,1-2H3. The Hall–Kier alpha value is -4.32. The molecule has 0 saturated heterocycles. The molecule has 6 heteroatoms. The van der Waals surface area contributed by atoms with Gasteiger partial charge in [0, 0.05) is 23.5 Å². The Balaban J connectivity index is 1.50. The Labute approximate surface area is 185 Å². The third kappa shape index (κ3) is 4.39. The van der Waals surface area contributed by atoms with Gasteiger partial charge in [-0.2, -0.15) is 0 Å². The number of aromatic nitrogens is 2. The van der Waals surface area contributed by atoms with E-state index in [2.05, 4.69) is 9.97 Å². The van der Waals surface area contributed by atoms with Crippen molar-refractivity contribution in [2.45, 2.75) is 0 Å². The molecular weight excluding hydrogens is 404 g/mol. The molecule has 0 saturated carbocycles. The number of ether oxygens (including phenoxy) is 2. The first-order valence-electron chi connectivity index (χ1n) is 9.89. The lowest BCUT2D eigenvalue weighted by atomic mass is 10.0. The van der Waals surface area contributed by atoms with Crippen LogP contribution in [0.4, 0.5) is 0 Å². The van der Waals surface area contributed by atoms with Gasteiger partial charge in [0.05, 0.1) is 36.7 Å². The highest BCUT2D eigenvalue weighted by Gasteiger charge is 2.08. The van der Waals surface area contributed by atoms with Crippen LogP contribution in [-0.2, 0) is 9.47 Å². The van der Waals surface area contributed by atoms with Gasteiger partial charge in [0.25, 0.3) is 0 Å². The summed E-state index contributed by atoms with van der Waals surface area (Å²) in [5, 5.41) is 0. The lowest BCUT2D eigenvalue weighted by molar-refractivity contribution is 0.0592. The molecule has 0 unspecified atom stereocenters. The van der Waals surface area contributed by atoms with Crippen LogP contribution in [0, 0.1) is 0 Å². The van der Waals surface area contributed by atoms with Crippen LogP contribution in [0.15, 0.2) is 85.2 Å². The molecule has 0 spiro atoms. The number of rotatable bonds is 5. The fourth-order valence-electron chi connectivity index (χ4n) is 3.27. The third-order valence-corrected chi connectivity index (χ3v) is 5.07. The molecule has 0 aliphatic rings. The maximum absolute atomic E-state index is 11.6. The van der Waals surface area contributed by atoms with Gasteiger partial charge in [0.2, 0.25) is 0 Å². The van der Waals surface area contributed by atoms with Crippen LogP contribution in [-0.4, -0.2) is 36.1 Å². The monoisotopic (exact) mass is 424 g/mol. The van der Waals surface area contributed by atoms with Crippen molar-refractivity contribution in [1.29, 1.82) is 0 Å². The van der Waals surface area contributed by atoms with E-state index in [0.717, 1.165) is 33.6 Å². The number of pyridine rings is 2. The second kappa shape index (κ2) is 9.22. The zero-order valence-electron chi connectivity index (χ0n) is 17.6. The summed E-state index contributed by atoms with van der Waals surface area (Å²) < 4.78 is 9.45. The highest BCUT2D eigenvalue weighted by atomic mass is 16.5. The van der Waals surface area contributed by atoms with Gasteiger partial charge >= 0.3 is 11.9 Å². The lowest BCUT2D eigenvalue weighted by Crippen LogP contribution is -2.00. The summed E-state index contributed by atoms with van der Waals surface area (Å²) in [4.78, 5) is 32.2. The average Bonchev–Trinajstić information content (AvgIpc) is 2.88. The Bertz CT molecular complexity index is 1130. The first-order valence-corrected chi connectivity index (χ1v) is 9.89. The van der Waals surface area contributed by atoms with Crippen molar-refractivity contribution in [3.63, 3.8) is 0 Å². The Morgan fingerprint density at radius 1 is 0.531 bits per heavy atom. The number of carbonyl (C=O) groups excluding carboxylic acids is 2. The van der Waals surface area contributed by atoms with Crippen molar-refractivity contribution in [2.75, 3.05) is 14.2 Å². The Kier molecular flexibility index (Phi) is 6.03. The number of nitrogens with zero attached hydrogens (tertiary/aromatic N) is 2. The second-order valence-electron chi connectivity index (χ2n) is 7.00. The fraction of sp³-hybridized carbons (Fsp3) is 0.0769. The molecular formula is C26H20N2O4. The van der Waals surface area contributed by atoms with Crippen LogP contribution in [0.25, 0.3) is 33.6 Å². The molecule has 0 bridgehead atoms. The van der Waals surface area contributed by atoms with Crippen LogP contribution in [0.1, 0.15) is 20.7 Å². The summed E-state index contributed by atoms with van der Waals surface area (Å²) in [5.41, 5.74) is 6.31. The van der Waals surface area contributed by atoms with Crippen molar-refractivity contribution in [1.82, 2.24) is 9.97 Å². The minimum Gasteiger partial charge on any atom is -0.465 e. The van der Waals surface area contributed by atoms with Crippen LogP contribution in [0.2, 0.25) is 0 Å². The number of carbonyl (C=O) groups is 2. The van der Waals surface area contributed by atoms with E-state index >= 15 is 0 Å². The zero-order valence-corrected chi connectivity index (χ0v) is 17.6. The van der Waals surface area contributed by atoms with Crippen LogP contribution < -0.4 is 0 Å². The highest BCUT2D eigenvalue weighted by molar-refractivity contribution is 5.90. The topological polar surface area (TPSA) is 78.4 Å². The van der Waals surface area contributed by atoms with Gasteiger partial charge in [-0.3, -0.25) is 9.97 Å². The molecule has 2 aromatic carbocycles. The lowest BCUT2D eigenvalue weighted by Gasteiger charge is -2.06. The van der Waals surface area contributed by atoms with E-state index in [1.165, 1.54) is 14.2 Å². The van der Waals surface area contributed by atoms with Crippen LogP contribution in [0.3, 0.4) is 0 Å². The predicted molar refractivity (Wildman–Crippen MR) is 121 cm³/mol. The Morgan fingerprint density at radius 2 is 0.875 bits per heavy atom. The zero-order chi connectivity index (χ0) is 22.5. The molecule has 0 radical (unpaired) electrons. The van der Waals surface area contributed by atoms with Crippen LogP contribution >= 0.6 is 0 Å². The van der Waals surface area contributed by atoms with E-state index in [-0.39, 0.29) is 11.9 Å². The van der Waals surface area contributed by atoms with E-state index in [1.807, 2.05) is 48.5 Å². The summed E-state index contributed by atoms with van der Waals surface area (Å²) in [7, 11) is 2.72. The third-order valence-electron chi connectivity index (χ3n) is 5.07. The maximum Gasteiger partial charge on any atom is 0.337 e. The first kappa shape index (κ1) is 20.9. The molecule has 0 amide bonds. The van der Waals surface area contributed by atoms with Crippen molar-refractivity contribution < 1.29 is 19.1 Å². The number of esters is 2. The minimum atomic E-state index is -0.362. The second-order valence-corrected chi connectivity index (χ2v) is 7.00. The molecule has 0 aliphatic carbocycles. The summed E-state index contributed by atoms with van der Waals surface area (Å²) in [6, 6.07) is 22.1. The van der Waals surface area contributed by atoms with Crippen molar-refractivity contribution in [3.8, 4) is 33.6 Å². The fourth-order valence-corrected chi connectivity index (χ4v) is 3.27. The smallest absolute Gasteiger partial charge is 0.337 e. The molecule has 0 N–H and O–H groups in total. The summed E-state index contributed by atoms with van der Waals surface area (Å²) in [6.45, 7) is 0. The SMILES string of the molecule is COC(=O)c1ccc(-c2ccc(-c3ccc(-c4ccc(C(=O)OC)cc4)cn3)nc2)cc1. The van der Waals surface area contributed by atoms with Crippen molar-refractivity contribution >= 4 is 11.9 Å². The normalized spacial score (nSPS) is 10.4. The van der Waals surface area contributed by atoms with E-state index in [9.17, 15) is 9.59 Å². The van der Waals surface area contributed by atoms with Gasteiger partial charge in [0.15, 0.2) is 0 Å². The predicted octanol–water partition coefficient (Wildman–Crippen LogP) is 5.05. The van der Waals surface area contributed by atoms with Gasteiger partial charge in [0.1, 0.15) is 0 Å². The number of hydrogen-bond acceptors (Lipinski definition) is 6. The van der Waals surface area contributed by atoms with E-state index in [1.54, 1.807) is 36.7 Å². The molecule has 0 fully saturated rings. The first-order chi connectivity index (χ1) is 15.6. The number of hydrogen-bond donors (Lipinski definition) is 0. The minimum absolute atomic E-state index is 0.362. The molecule has 4 aromatic rings.